The molecule has 0 bridgehead atoms. The van der Waals surface area contributed by atoms with Crippen molar-refractivity contribution in [3.63, 3.8) is 0 Å². The first-order chi connectivity index (χ1) is 16.1. The van der Waals surface area contributed by atoms with Crippen LogP contribution in [0, 0.1) is 5.41 Å². The first-order valence-electron chi connectivity index (χ1n) is 11.8. The number of benzene rings is 3. The van der Waals surface area contributed by atoms with Crippen molar-refractivity contribution < 1.29 is 14.3 Å². The molecule has 4 rings (SSSR count). The van der Waals surface area contributed by atoms with Crippen molar-refractivity contribution in [2.75, 3.05) is 13.7 Å². The van der Waals surface area contributed by atoms with Gasteiger partial charge >= 0.3 is 5.97 Å². The van der Waals surface area contributed by atoms with Gasteiger partial charge in [0.25, 0.3) is 0 Å². The highest BCUT2D eigenvalue weighted by Crippen LogP contribution is 2.53. The lowest BCUT2D eigenvalue weighted by molar-refractivity contribution is -0.154. The summed E-state index contributed by atoms with van der Waals surface area (Å²) in [6, 6.07) is 27.5. The second kappa shape index (κ2) is 9.23. The van der Waals surface area contributed by atoms with Crippen LogP contribution in [0.3, 0.4) is 0 Å². The molecule has 0 aromatic heterocycles. The molecular formula is C31H34O3. The molecule has 34 heavy (non-hydrogen) atoms. The molecule has 1 aliphatic rings. The fraction of sp³-hybridized carbons (Fsp3) is 0.323. The monoisotopic (exact) mass is 454 g/mol. The molecule has 3 nitrogen and oxygen atoms in total. The van der Waals surface area contributed by atoms with Crippen LogP contribution in [0.1, 0.15) is 68.5 Å². The van der Waals surface area contributed by atoms with Crippen molar-refractivity contribution >= 4 is 17.1 Å². The molecule has 0 saturated heterocycles. The molecule has 3 aromatic carbocycles. The molecule has 0 amide bonds. The average Bonchev–Trinajstić information content (AvgIpc) is 3.17. The van der Waals surface area contributed by atoms with Crippen LogP contribution in [-0.4, -0.2) is 19.7 Å². The molecule has 1 atom stereocenters. The van der Waals surface area contributed by atoms with Crippen LogP contribution < -0.4 is 0 Å². The Morgan fingerprint density at radius 2 is 1.38 bits per heavy atom. The number of methoxy groups -OCH3 is 1. The van der Waals surface area contributed by atoms with E-state index in [1.54, 1.807) is 0 Å². The van der Waals surface area contributed by atoms with Gasteiger partial charge in [-0.1, -0.05) is 99.6 Å². The third-order valence-electron chi connectivity index (χ3n) is 6.46. The molecule has 0 saturated carbocycles. The molecule has 0 aliphatic heterocycles. The molecule has 1 aliphatic carbocycles. The SMILES string of the molecule is COC(=O)C(C)(C)COC1C(c2ccccc2)=C(c2ccccc2)c2c1cccc2C(C)(C)C. The lowest BCUT2D eigenvalue weighted by Gasteiger charge is -2.26. The highest BCUT2D eigenvalue weighted by atomic mass is 16.5. The van der Waals surface area contributed by atoms with E-state index in [2.05, 4.69) is 87.5 Å². The smallest absolute Gasteiger partial charge is 0.313 e. The minimum Gasteiger partial charge on any atom is -0.469 e. The molecule has 3 heteroatoms. The van der Waals surface area contributed by atoms with Gasteiger partial charge in [0, 0.05) is 5.57 Å². The summed E-state index contributed by atoms with van der Waals surface area (Å²) in [5.41, 5.74) is 7.49. The fourth-order valence-corrected chi connectivity index (χ4v) is 4.73. The summed E-state index contributed by atoms with van der Waals surface area (Å²) in [7, 11) is 1.42. The summed E-state index contributed by atoms with van der Waals surface area (Å²) in [6.45, 7) is 10.7. The third kappa shape index (κ3) is 4.45. The standard InChI is InChI=1S/C31H34O3/c1-30(2,3)24-19-13-18-23-27(24)25(21-14-9-7-10-15-21)26(22-16-11-8-12-17-22)28(23)34-20-31(4,5)29(32)33-6/h7-19,28H,20H2,1-6H3. The van der Waals surface area contributed by atoms with Crippen molar-refractivity contribution in [3.05, 3.63) is 107 Å². The Labute approximate surface area is 203 Å². The molecule has 176 valence electrons. The number of esters is 1. The van der Waals surface area contributed by atoms with Crippen LogP contribution >= 0.6 is 0 Å². The van der Waals surface area contributed by atoms with Crippen molar-refractivity contribution in [3.8, 4) is 0 Å². The van der Waals surface area contributed by atoms with Crippen LogP contribution in [0.25, 0.3) is 11.1 Å². The first-order valence-corrected chi connectivity index (χ1v) is 11.8. The highest BCUT2D eigenvalue weighted by molar-refractivity contribution is 6.06. The Balaban J connectivity index is 1.97. The number of ether oxygens (including phenoxy) is 2. The normalized spacial score (nSPS) is 15.9. The van der Waals surface area contributed by atoms with Crippen molar-refractivity contribution in [2.24, 2.45) is 5.41 Å². The average molecular weight is 455 g/mol. The van der Waals surface area contributed by atoms with Gasteiger partial charge in [-0.15, -0.1) is 0 Å². The summed E-state index contributed by atoms with van der Waals surface area (Å²) in [5, 5.41) is 0. The Kier molecular flexibility index (Phi) is 6.51. The van der Waals surface area contributed by atoms with Gasteiger partial charge in [0.1, 0.15) is 6.10 Å². The predicted molar refractivity (Wildman–Crippen MR) is 138 cm³/mol. The van der Waals surface area contributed by atoms with E-state index in [0.717, 1.165) is 22.3 Å². The fourth-order valence-electron chi connectivity index (χ4n) is 4.73. The van der Waals surface area contributed by atoms with E-state index in [4.69, 9.17) is 9.47 Å². The predicted octanol–water partition coefficient (Wildman–Crippen LogP) is 7.21. The second-order valence-electron chi connectivity index (χ2n) is 10.6. The van der Waals surface area contributed by atoms with E-state index in [9.17, 15) is 4.79 Å². The van der Waals surface area contributed by atoms with Crippen molar-refractivity contribution in [2.45, 2.75) is 46.1 Å². The summed E-state index contributed by atoms with van der Waals surface area (Å²) in [6.07, 6.45) is -0.293. The van der Waals surface area contributed by atoms with Crippen LogP contribution in [0.5, 0.6) is 0 Å². The van der Waals surface area contributed by atoms with Gasteiger partial charge in [0.05, 0.1) is 19.1 Å². The Morgan fingerprint density at radius 1 is 0.794 bits per heavy atom. The third-order valence-corrected chi connectivity index (χ3v) is 6.46. The zero-order chi connectivity index (χ0) is 24.5. The molecule has 0 spiro atoms. The number of rotatable bonds is 6. The molecule has 1 unspecified atom stereocenters. The zero-order valence-electron chi connectivity index (χ0n) is 21.0. The van der Waals surface area contributed by atoms with E-state index in [-0.39, 0.29) is 24.1 Å². The molecule has 0 fully saturated rings. The summed E-state index contributed by atoms with van der Waals surface area (Å²) in [4.78, 5) is 12.4. The minimum absolute atomic E-state index is 0.0483. The number of hydrogen-bond acceptors (Lipinski definition) is 3. The number of carbonyl (C=O) groups is 1. The molecule has 0 N–H and O–H groups in total. The summed E-state index contributed by atoms with van der Waals surface area (Å²) >= 11 is 0. The van der Waals surface area contributed by atoms with Crippen molar-refractivity contribution in [1.82, 2.24) is 0 Å². The maximum Gasteiger partial charge on any atom is 0.313 e. The number of hydrogen-bond donors (Lipinski definition) is 0. The topological polar surface area (TPSA) is 35.5 Å². The van der Waals surface area contributed by atoms with Crippen molar-refractivity contribution in [1.29, 1.82) is 0 Å². The Bertz CT molecular complexity index is 1200. The molecule has 0 radical (unpaired) electrons. The zero-order valence-corrected chi connectivity index (χ0v) is 21.0. The second-order valence-corrected chi connectivity index (χ2v) is 10.6. The Morgan fingerprint density at radius 3 is 1.94 bits per heavy atom. The van der Waals surface area contributed by atoms with Gasteiger partial charge in [-0.2, -0.15) is 0 Å². The van der Waals surface area contributed by atoms with Gasteiger partial charge in [0.15, 0.2) is 0 Å². The summed E-state index contributed by atoms with van der Waals surface area (Å²) in [5.74, 6) is -0.275. The largest absolute Gasteiger partial charge is 0.469 e. The van der Waals surface area contributed by atoms with Gasteiger partial charge in [-0.25, -0.2) is 0 Å². The molecule has 3 aromatic rings. The lowest BCUT2D eigenvalue weighted by atomic mass is 9.80. The maximum absolute atomic E-state index is 12.4. The van der Waals surface area contributed by atoms with Crippen LogP contribution in [0.4, 0.5) is 0 Å². The van der Waals surface area contributed by atoms with Gasteiger partial charge in [0.2, 0.25) is 0 Å². The van der Waals surface area contributed by atoms with Gasteiger partial charge < -0.3 is 9.47 Å². The van der Waals surface area contributed by atoms with Gasteiger partial charge in [-0.05, 0) is 52.7 Å². The van der Waals surface area contributed by atoms with Crippen LogP contribution in [0.15, 0.2) is 78.9 Å². The van der Waals surface area contributed by atoms with E-state index >= 15 is 0 Å². The quantitative estimate of drug-likeness (QED) is 0.369. The van der Waals surface area contributed by atoms with E-state index in [1.807, 2.05) is 26.0 Å². The first kappa shape index (κ1) is 24.0. The van der Waals surface area contributed by atoms with Crippen LogP contribution in [-0.2, 0) is 19.7 Å². The molecule has 0 heterocycles. The summed E-state index contributed by atoms with van der Waals surface area (Å²) < 4.78 is 11.7. The van der Waals surface area contributed by atoms with Crippen LogP contribution in [0.2, 0.25) is 0 Å². The minimum atomic E-state index is -0.756. The number of fused-ring (bicyclic) bond motifs is 1. The molecular weight excluding hydrogens is 420 g/mol. The van der Waals surface area contributed by atoms with Gasteiger partial charge in [-0.3, -0.25) is 4.79 Å². The maximum atomic E-state index is 12.4. The number of carbonyl (C=O) groups excluding carboxylic acids is 1. The lowest BCUT2D eigenvalue weighted by Crippen LogP contribution is -2.31. The van der Waals surface area contributed by atoms with E-state index < -0.39 is 5.41 Å². The van der Waals surface area contributed by atoms with E-state index in [1.165, 1.54) is 23.8 Å². The Hall–Kier alpha value is -3.17. The van der Waals surface area contributed by atoms with E-state index in [0.29, 0.717) is 0 Å². The highest BCUT2D eigenvalue weighted by Gasteiger charge is 2.39.